The number of β-lactam (4-membered cyclic amide) rings is 1. The number of aliphatic hydroxyl groups excluding tert-OH is 2. The molecule has 6 N–H and O–H groups in total. The number of carbonyl (C=O) groups is 4. The highest BCUT2D eigenvalue weighted by Gasteiger charge is 2.60. The average molecular weight is 579 g/mol. The normalized spacial score (nSPS) is 34.3. The van der Waals surface area contributed by atoms with Gasteiger partial charge in [0.2, 0.25) is 11.8 Å². The average Bonchev–Trinajstić information content (AvgIpc) is 3.67. The molecule has 4 aliphatic heterocycles. The minimum Gasteiger partial charge on any atom is -0.477 e. The zero-order chi connectivity index (χ0) is 28.9. The Morgan fingerprint density at radius 2 is 2.08 bits per heavy atom. The van der Waals surface area contributed by atoms with Crippen LogP contribution in [0.1, 0.15) is 26.7 Å². The summed E-state index contributed by atoms with van der Waals surface area (Å²) in [5.74, 6) is -2.91. The number of amides is 2. The van der Waals surface area contributed by atoms with Crippen LogP contribution in [0.3, 0.4) is 0 Å². The number of carbonyl (C=O) groups excluding carboxylic acids is 3. The number of nitrogens with zero attached hydrogens (tertiary/aromatic N) is 6. The third kappa shape index (κ3) is 4.91. The van der Waals surface area contributed by atoms with Crippen molar-refractivity contribution in [3.05, 3.63) is 16.9 Å². The van der Waals surface area contributed by atoms with Crippen molar-refractivity contribution in [3.8, 4) is 0 Å². The van der Waals surface area contributed by atoms with E-state index in [2.05, 4.69) is 20.8 Å². The fraction of sp³-hybridized carbons (Fsp3) is 0.708. The number of rotatable bonds is 10. The monoisotopic (exact) mass is 578 g/mol. The van der Waals surface area contributed by atoms with Gasteiger partial charge < -0.3 is 36.2 Å². The highest BCUT2D eigenvalue weighted by atomic mass is 32.2. The molecule has 2 amide bonds. The number of fused-ring (bicyclic) bond motifs is 1. The molecule has 0 bridgehead atoms. The maximum atomic E-state index is 13.2. The van der Waals surface area contributed by atoms with E-state index in [9.17, 15) is 34.5 Å². The quantitative estimate of drug-likeness (QED) is 0.180. The van der Waals surface area contributed by atoms with Crippen molar-refractivity contribution >= 4 is 35.3 Å². The molecule has 40 heavy (non-hydrogen) atoms. The summed E-state index contributed by atoms with van der Waals surface area (Å²) in [4.78, 5) is 54.6. The molecule has 0 saturated carbocycles. The van der Waals surface area contributed by atoms with Gasteiger partial charge in [-0.25, -0.2) is 9.48 Å². The Balaban J connectivity index is 1.24. The fourth-order valence-corrected chi connectivity index (χ4v) is 7.99. The van der Waals surface area contributed by atoms with Gasteiger partial charge in [0.05, 0.1) is 42.8 Å². The summed E-state index contributed by atoms with van der Waals surface area (Å²) in [6.45, 7) is 3.86. The SMILES string of the molecule is C[C@@H](CC(=O)Cn1cnnn1)[C@H]1C(=O)N2C(C(=O)O)=C(S[C@@H]3CN[C@H](C(=O)N4CC(O)C(N)C4CO)C3)[C@H](C)[C@H]12. The van der Waals surface area contributed by atoms with Crippen LogP contribution in [-0.4, -0.2) is 124 Å². The number of aliphatic hydroxyl groups is 2. The zero-order valence-corrected chi connectivity index (χ0v) is 23.0. The number of likely N-dealkylation sites (tertiary alicyclic amines) is 1. The summed E-state index contributed by atoms with van der Waals surface area (Å²) in [5, 5.41) is 43.6. The molecule has 0 radical (unpaired) electrons. The van der Waals surface area contributed by atoms with E-state index in [0.717, 1.165) is 0 Å². The van der Waals surface area contributed by atoms with E-state index < -0.39 is 36.1 Å². The van der Waals surface area contributed by atoms with Crippen molar-refractivity contribution in [2.45, 2.75) is 68.8 Å². The van der Waals surface area contributed by atoms with Gasteiger partial charge in [-0.05, 0) is 22.8 Å². The van der Waals surface area contributed by atoms with Gasteiger partial charge in [0.15, 0.2) is 5.78 Å². The molecule has 3 unspecified atom stereocenters. The number of carboxylic acids is 1. The van der Waals surface area contributed by atoms with E-state index >= 15 is 0 Å². The van der Waals surface area contributed by atoms with E-state index in [1.165, 1.54) is 32.6 Å². The van der Waals surface area contributed by atoms with E-state index in [-0.39, 0.29) is 72.5 Å². The Bertz CT molecular complexity index is 1210. The molecular weight excluding hydrogens is 544 g/mol. The Morgan fingerprint density at radius 1 is 1.32 bits per heavy atom. The summed E-state index contributed by atoms with van der Waals surface area (Å²) >= 11 is 1.37. The number of Topliss-reactive ketones (excluding diaryl/α,β-unsaturated/α-hetero) is 1. The molecule has 218 valence electrons. The van der Waals surface area contributed by atoms with Gasteiger partial charge in [0, 0.05) is 35.6 Å². The molecule has 16 heteroatoms. The number of hydrogen-bond donors (Lipinski definition) is 5. The summed E-state index contributed by atoms with van der Waals surface area (Å²) in [5.41, 5.74) is 5.91. The zero-order valence-electron chi connectivity index (χ0n) is 22.2. The van der Waals surface area contributed by atoms with E-state index in [0.29, 0.717) is 17.9 Å². The molecule has 5 rings (SSSR count). The Labute approximate surface area is 234 Å². The molecular formula is C24H34N8O7S. The second-order valence-electron chi connectivity index (χ2n) is 11.1. The van der Waals surface area contributed by atoms with Gasteiger partial charge >= 0.3 is 5.97 Å². The molecule has 1 aromatic heterocycles. The van der Waals surface area contributed by atoms with Gasteiger partial charge in [-0.15, -0.1) is 16.9 Å². The molecule has 0 spiro atoms. The Hall–Kier alpha value is -2.92. The van der Waals surface area contributed by atoms with Crippen LogP contribution < -0.4 is 11.1 Å². The topological polar surface area (TPSA) is 217 Å². The number of nitrogens with two attached hydrogens (primary N) is 1. The first-order chi connectivity index (χ1) is 19.0. The number of thioether (sulfide) groups is 1. The standard InChI is InChI=1S/C24H34N8O7S/c1-10(3-12(34)6-30-9-27-28-29-30)17-19-11(2)21(20(24(38)39)32(19)23(17)37)40-13-4-14(26-5-13)22(36)31-7-16(35)18(25)15(31)8-33/h9-11,13-19,26,33,35H,3-8,25H2,1-2H3,(H,38,39)/t10-,11+,13-,14-,15?,16?,17+,18?,19+/m0/s1. The predicted octanol–water partition coefficient (Wildman–Crippen LogP) is -2.60. The van der Waals surface area contributed by atoms with Crippen LogP contribution in [0.25, 0.3) is 0 Å². The smallest absolute Gasteiger partial charge is 0.353 e. The second kappa shape index (κ2) is 11.2. The van der Waals surface area contributed by atoms with Gasteiger partial charge in [-0.3, -0.25) is 14.4 Å². The number of aromatic nitrogens is 4. The number of nitrogens with one attached hydrogen (secondary N) is 1. The van der Waals surface area contributed by atoms with E-state index in [4.69, 9.17) is 5.73 Å². The predicted molar refractivity (Wildman–Crippen MR) is 139 cm³/mol. The molecule has 1 aromatic rings. The van der Waals surface area contributed by atoms with Gasteiger partial charge in [0.1, 0.15) is 18.6 Å². The lowest BCUT2D eigenvalue weighted by Gasteiger charge is -2.47. The van der Waals surface area contributed by atoms with Crippen LogP contribution in [0, 0.1) is 17.8 Å². The largest absolute Gasteiger partial charge is 0.477 e. The molecule has 15 nitrogen and oxygen atoms in total. The van der Waals surface area contributed by atoms with Crippen molar-refractivity contribution in [1.29, 1.82) is 0 Å². The summed E-state index contributed by atoms with van der Waals surface area (Å²) in [7, 11) is 0. The lowest BCUT2D eigenvalue weighted by Crippen LogP contribution is -2.62. The molecule has 9 atom stereocenters. The van der Waals surface area contributed by atoms with Gasteiger partial charge in [-0.1, -0.05) is 13.8 Å². The number of tetrazole rings is 1. The summed E-state index contributed by atoms with van der Waals surface area (Å²) < 4.78 is 1.32. The van der Waals surface area contributed by atoms with Crippen LogP contribution >= 0.6 is 11.8 Å². The van der Waals surface area contributed by atoms with Gasteiger partial charge in [0.25, 0.3) is 0 Å². The number of β-amino-alcohol motifs (C(OH)–C–C–N with tert-alkyl or cyclic N) is 1. The van der Waals surface area contributed by atoms with Crippen molar-refractivity contribution in [2.24, 2.45) is 23.5 Å². The van der Waals surface area contributed by atoms with Crippen molar-refractivity contribution in [3.63, 3.8) is 0 Å². The molecule has 0 aromatic carbocycles. The highest BCUT2D eigenvalue weighted by Crippen LogP contribution is 2.53. The molecule has 0 aliphatic carbocycles. The molecule has 3 saturated heterocycles. The molecule has 3 fully saturated rings. The summed E-state index contributed by atoms with van der Waals surface area (Å²) in [6, 6.07) is -2.32. The van der Waals surface area contributed by atoms with Crippen LogP contribution in [-0.2, 0) is 25.7 Å². The number of ketones is 1. The van der Waals surface area contributed by atoms with Crippen LogP contribution in [0.15, 0.2) is 16.9 Å². The van der Waals surface area contributed by atoms with Crippen molar-refractivity contribution < 1.29 is 34.5 Å². The van der Waals surface area contributed by atoms with Crippen molar-refractivity contribution in [2.75, 3.05) is 19.7 Å². The fourth-order valence-electron chi connectivity index (χ4n) is 6.51. The summed E-state index contributed by atoms with van der Waals surface area (Å²) in [6.07, 6.45) is 0.978. The van der Waals surface area contributed by atoms with Crippen LogP contribution in [0.4, 0.5) is 0 Å². The number of hydrogen-bond acceptors (Lipinski definition) is 12. The minimum atomic E-state index is -1.18. The Kier molecular flexibility index (Phi) is 7.98. The van der Waals surface area contributed by atoms with Gasteiger partial charge in [-0.2, -0.15) is 0 Å². The third-order valence-electron chi connectivity index (χ3n) is 8.51. The highest BCUT2D eigenvalue weighted by molar-refractivity contribution is 8.03. The van der Waals surface area contributed by atoms with Crippen LogP contribution in [0.5, 0.6) is 0 Å². The van der Waals surface area contributed by atoms with Crippen molar-refractivity contribution in [1.82, 2.24) is 35.3 Å². The minimum absolute atomic E-state index is 0.00213. The Morgan fingerprint density at radius 3 is 2.73 bits per heavy atom. The molecule has 4 aliphatic rings. The first-order valence-electron chi connectivity index (χ1n) is 13.3. The first kappa shape index (κ1) is 28.6. The second-order valence-corrected chi connectivity index (χ2v) is 12.4. The third-order valence-corrected chi connectivity index (χ3v) is 10.0. The lowest BCUT2D eigenvalue weighted by atomic mass is 9.73. The van der Waals surface area contributed by atoms with E-state index in [1.807, 2.05) is 13.8 Å². The maximum absolute atomic E-state index is 13.2. The number of carboxylic acid groups (broad SMARTS) is 1. The molecule has 5 heterocycles. The number of aliphatic carboxylic acids is 1. The van der Waals surface area contributed by atoms with Crippen LogP contribution in [0.2, 0.25) is 0 Å². The first-order valence-corrected chi connectivity index (χ1v) is 14.2. The van der Waals surface area contributed by atoms with E-state index in [1.54, 1.807) is 0 Å². The maximum Gasteiger partial charge on any atom is 0.353 e. The lowest BCUT2D eigenvalue weighted by molar-refractivity contribution is -0.160.